The molecule has 0 heterocycles. The Hall–Kier alpha value is -2.03. The molecule has 0 saturated carbocycles. The number of benzene rings is 2. The molecule has 2 aromatic carbocycles. The molecule has 0 saturated heterocycles. The van der Waals surface area contributed by atoms with E-state index < -0.39 is 0 Å². The summed E-state index contributed by atoms with van der Waals surface area (Å²) in [6, 6.07) is 13.4. The smallest absolute Gasteiger partial charge is 0.165 e. The van der Waals surface area contributed by atoms with Gasteiger partial charge >= 0.3 is 0 Å². The zero-order valence-corrected chi connectivity index (χ0v) is 12.1. The maximum absolute atomic E-state index is 13.7. The molecule has 106 valence electrons. The van der Waals surface area contributed by atoms with Crippen LogP contribution in [0.15, 0.2) is 42.5 Å². The fourth-order valence-corrected chi connectivity index (χ4v) is 2.17. The van der Waals surface area contributed by atoms with Crippen molar-refractivity contribution in [2.75, 3.05) is 12.4 Å². The van der Waals surface area contributed by atoms with Gasteiger partial charge in [-0.15, -0.1) is 0 Å². The molecule has 3 heteroatoms. The van der Waals surface area contributed by atoms with Gasteiger partial charge in [0.25, 0.3) is 0 Å². The summed E-state index contributed by atoms with van der Waals surface area (Å²) < 4.78 is 18.6. The van der Waals surface area contributed by atoms with Gasteiger partial charge in [-0.1, -0.05) is 25.1 Å². The highest BCUT2D eigenvalue weighted by molar-refractivity contribution is 5.48. The SMILES string of the molecule is CCc1cccc(NC(C)c2ccc(OC)c(F)c2)c1. The van der Waals surface area contributed by atoms with Crippen LogP contribution >= 0.6 is 0 Å². The quantitative estimate of drug-likeness (QED) is 0.861. The molecule has 0 aromatic heterocycles. The van der Waals surface area contributed by atoms with Crippen LogP contribution in [0.3, 0.4) is 0 Å². The first-order valence-corrected chi connectivity index (χ1v) is 6.83. The van der Waals surface area contributed by atoms with Gasteiger partial charge in [-0.3, -0.25) is 0 Å². The molecule has 2 aromatic rings. The fraction of sp³-hybridized carbons (Fsp3) is 0.294. The largest absolute Gasteiger partial charge is 0.494 e. The van der Waals surface area contributed by atoms with Crippen molar-refractivity contribution in [2.45, 2.75) is 26.3 Å². The lowest BCUT2D eigenvalue weighted by Crippen LogP contribution is -2.07. The Kier molecular flexibility index (Phi) is 4.61. The minimum absolute atomic E-state index is 0.0301. The summed E-state index contributed by atoms with van der Waals surface area (Å²) in [5.41, 5.74) is 3.22. The van der Waals surface area contributed by atoms with Gasteiger partial charge in [0.05, 0.1) is 7.11 Å². The van der Waals surface area contributed by atoms with Gasteiger partial charge in [0, 0.05) is 11.7 Å². The maximum atomic E-state index is 13.7. The Morgan fingerprint density at radius 3 is 2.65 bits per heavy atom. The number of methoxy groups -OCH3 is 1. The van der Waals surface area contributed by atoms with E-state index in [9.17, 15) is 4.39 Å². The first-order chi connectivity index (χ1) is 9.63. The standard InChI is InChI=1S/C17H20FNO/c1-4-13-6-5-7-15(10-13)19-12(2)14-8-9-17(20-3)16(18)11-14/h5-12,19H,4H2,1-3H3. The molecular formula is C17H20FNO. The highest BCUT2D eigenvalue weighted by Crippen LogP contribution is 2.24. The van der Waals surface area contributed by atoms with Crippen molar-refractivity contribution in [1.82, 2.24) is 0 Å². The lowest BCUT2D eigenvalue weighted by Gasteiger charge is -2.17. The van der Waals surface area contributed by atoms with Crippen LogP contribution in [0.2, 0.25) is 0 Å². The Morgan fingerprint density at radius 2 is 2.00 bits per heavy atom. The summed E-state index contributed by atoms with van der Waals surface area (Å²) in [5, 5.41) is 3.39. The van der Waals surface area contributed by atoms with Crippen LogP contribution in [0.25, 0.3) is 0 Å². The summed E-state index contributed by atoms with van der Waals surface area (Å²) in [6.07, 6.45) is 1.00. The third-order valence-corrected chi connectivity index (χ3v) is 3.39. The number of hydrogen-bond donors (Lipinski definition) is 1. The monoisotopic (exact) mass is 273 g/mol. The third-order valence-electron chi connectivity index (χ3n) is 3.39. The van der Waals surface area contributed by atoms with Crippen molar-refractivity contribution in [3.8, 4) is 5.75 Å². The van der Waals surface area contributed by atoms with E-state index >= 15 is 0 Å². The van der Waals surface area contributed by atoms with Crippen molar-refractivity contribution in [2.24, 2.45) is 0 Å². The molecule has 0 aliphatic heterocycles. The first-order valence-electron chi connectivity index (χ1n) is 6.83. The normalized spacial score (nSPS) is 12.0. The van der Waals surface area contributed by atoms with Gasteiger partial charge in [-0.2, -0.15) is 0 Å². The van der Waals surface area contributed by atoms with Gasteiger partial charge in [-0.25, -0.2) is 4.39 Å². The minimum Gasteiger partial charge on any atom is -0.494 e. The molecule has 0 spiro atoms. The van der Waals surface area contributed by atoms with Crippen LogP contribution in [0, 0.1) is 5.82 Å². The van der Waals surface area contributed by atoms with E-state index in [0.717, 1.165) is 17.7 Å². The van der Waals surface area contributed by atoms with E-state index in [1.807, 2.05) is 25.1 Å². The van der Waals surface area contributed by atoms with Crippen LogP contribution in [0.5, 0.6) is 5.75 Å². The number of halogens is 1. The predicted molar refractivity (Wildman–Crippen MR) is 80.8 cm³/mol. The second-order valence-corrected chi connectivity index (χ2v) is 4.81. The molecule has 0 bridgehead atoms. The number of hydrogen-bond acceptors (Lipinski definition) is 2. The van der Waals surface area contributed by atoms with E-state index in [1.165, 1.54) is 18.7 Å². The summed E-state index contributed by atoms with van der Waals surface area (Å²) in [5.74, 6) is -0.0603. The van der Waals surface area contributed by atoms with Crippen LogP contribution in [0.1, 0.15) is 31.0 Å². The zero-order valence-electron chi connectivity index (χ0n) is 12.1. The molecule has 0 radical (unpaired) electrons. The molecule has 1 N–H and O–H groups in total. The highest BCUT2D eigenvalue weighted by atomic mass is 19.1. The van der Waals surface area contributed by atoms with Crippen LogP contribution < -0.4 is 10.1 Å². The van der Waals surface area contributed by atoms with Crippen molar-refractivity contribution < 1.29 is 9.13 Å². The topological polar surface area (TPSA) is 21.3 Å². The van der Waals surface area contributed by atoms with Gasteiger partial charge < -0.3 is 10.1 Å². The second-order valence-electron chi connectivity index (χ2n) is 4.81. The first kappa shape index (κ1) is 14.4. The lowest BCUT2D eigenvalue weighted by atomic mass is 10.1. The summed E-state index contributed by atoms with van der Waals surface area (Å²) in [4.78, 5) is 0. The Bertz CT molecular complexity index is 583. The maximum Gasteiger partial charge on any atom is 0.165 e. The molecule has 0 fully saturated rings. The molecule has 2 rings (SSSR count). The van der Waals surface area contributed by atoms with Crippen molar-refractivity contribution in [3.05, 3.63) is 59.4 Å². The van der Waals surface area contributed by atoms with Crippen LogP contribution in [-0.4, -0.2) is 7.11 Å². The van der Waals surface area contributed by atoms with Gasteiger partial charge in [0.2, 0.25) is 0 Å². The number of aryl methyl sites for hydroxylation is 1. The summed E-state index contributed by atoms with van der Waals surface area (Å²) in [7, 11) is 1.47. The van der Waals surface area contributed by atoms with E-state index in [2.05, 4.69) is 24.4 Å². The number of nitrogens with one attached hydrogen (secondary N) is 1. The van der Waals surface area contributed by atoms with Crippen LogP contribution in [0.4, 0.5) is 10.1 Å². The average molecular weight is 273 g/mol. The molecule has 1 atom stereocenters. The fourth-order valence-electron chi connectivity index (χ4n) is 2.17. The van der Waals surface area contributed by atoms with Crippen molar-refractivity contribution >= 4 is 5.69 Å². The van der Waals surface area contributed by atoms with Gasteiger partial charge in [0.15, 0.2) is 11.6 Å². The summed E-state index contributed by atoms with van der Waals surface area (Å²) in [6.45, 7) is 4.14. The molecule has 0 aliphatic rings. The van der Waals surface area contributed by atoms with Crippen LogP contribution in [-0.2, 0) is 6.42 Å². The van der Waals surface area contributed by atoms with E-state index in [0.29, 0.717) is 0 Å². The van der Waals surface area contributed by atoms with Crippen molar-refractivity contribution in [1.29, 1.82) is 0 Å². The van der Waals surface area contributed by atoms with Gasteiger partial charge in [-0.05, 0) is 48.7 Å². The zero-order chi connectivity index (χ0) is 14.5. The number of anilines is 1. The Labute approximate surface area is 119 Å². The van der Waals surface area contributed by atoms with E-state index in [-0.39, 0.29) is 17.6 Å². The van der Waals surface area contributed by atoms with E-state index in [4.69, 9.17) is 4.74 Å². The molecule has 0 amide bonds. The Morgan fingerprint density at radius 1 is 1.20 bits per heavy atom. The number of rotatable bonds is 5. The van der Waals surface area contributed by atoms with Gasteiger partial charge in [0.1, 0.15) is 0 Å². The average Bonchev–Trinajstić information content (AvgIpc) is 2.47. The predicted octanol–water partition coefficient (Wildman–Crippen LogP) is 4.57. The second kappa shape index (κ2) is 6.42. The molecular weight excluding hydrogens is 253 g/mol. The highest BCUT2D eigenvalue weighted by Gasteiger charge is 2.09. The molecule has 1 unspecified atom stereocenters. The number of ether oxygens (including phenoxy) is 1. The third kappa shape index (κ3) is 3.29. The van der Waals surface area contributed by atoms with E-state index in [1.54, 1.807) is 6.07 Å². The van der Waals surface area contributed by atoms with Crippen molar-refractivity contribution in [3.63, 3.8) is 0 Å². The molecule has 20 heavy (non-hydrogen) atoms. The molecule has 0 aliphatic carbocycles. The minimum atomic E-state index is -0.332. The summed E-state index contributed by atoms with van der Waals surface area (Å²) >= 11 is 0. The molecule has 2 nitrogen and oxygen atoms in total. The Balaban J connectivity index is 2.14. The lowest BCUT2D eigenvalue weighted by molar-refractivity contribution is 0.386.